The SMILES string of the molecule is CCNC(=O)C1CCCN(C(=O)c2ccc(-c3cc(Cl)cc(Cl)c3)s2)C1. The lowest BCUT2D eigenvalue weighted by Crippen LogP contribution is -2.45. The number of thiophene rings is 1. The van der Waals surface area contributed by atoms with Crippen molar-refractivity contribution in [3.63, 3.8) is 0 Å². The number of nitrogens with one attached hydrogen (secondary N) is 1. The summed E-state index contributed by atoms with van der Waals surface area (Å²) in [7, 11) is 0. The third kappa shape index (κ3) is 4.40. The minimum Gasteiger partial charge on any atom is -0.356 e. The maximum atomic E-state index is 12.9. The molecule has 1 N–H and O–H groups in total. The molecule has 0 aliphatic carbocycles. The topological polar surface area (TPSA) is 49.4 Å². The van der Waals surface area contributed by atoms with E-state index >= 15 is 0 Å². The van der Waals surface area contributed by atoms with Gasteiger partial charge in [0.15, 0.2) is 0 Å². The molecule has 26 heavy (non-hydrogen) atoms. The molecule has 0 bridgehead atoms. The van der Waals surface area contributed by atoms with Crippen molar-refractivity contribution in [2.24, 2.45) is 5.92 Å². The lowest BCUT2D eigenvalue weighted by Gasteiger charge is -2.31. The van der Waals surface area contributed by atoms with Crippen LogP contribution in [0, 0.1) is 5.92 Å². The number of hydrogen-bond donors (Lipinski definition) is 1. The average Bonchev–Trinajstić information content (AvgIpc) is 3.11. The van der Waals surface area contributed by atoms with E-state index in [2.05, 4.69) is 5.32 Å². The summed E-state index contributed by atoms with van der Waals surface area (Å²) in [6.45, 7) is 3.67. The number of carbonyl (C=O) groups excluding carboxylic acids is 2. The Kier molecular flexibility index (Phi) is 6.22. The van der Waals surface area contributed by atoms with Crippen LogP contribution in [0.3, 0.4) is 0 Å². The Hall–Kier alpha value is -1.56. The van der Waals surface area contributed by atoms with Crippen molar-refractivity contribution in [3.8, 4) is 10.4 Å². The molecule has 1 fully saturated rings. The number of rotatable bonds is 4. The molecule has 1 aromatic carbocycles. The lowest BCUT2D eigenvalue weighted by molar-refractivity contribution is -0.126. The number of piperidine rings is 1. The van der Waals surface area contributed by atoms with E-state index in [1.165, 1.54) is 11.3 Å². The Morgan fingerprint density at radius 3 is 2.65 bits per heavy atom. The third-order valence-corrected chi connectivity index (χ3v) is 5.95. The fraction of sp³-hybridized carbons (Fsp3) is 0.368. The Labute approximate surface area is 167 Å². The van der Waals surface area contributed by atoms with Crippen LogP contribution in [0.5, 0.6) is 0 Å². The average molecular weight is 411 g/mol. The summed E-state index contributed by atoms with van der Waals surface area (Å²) in [5, 5.41) is 3.98. The molecule has 2 amide bonds. The molecule has 4 nitrogen and oxygen atoms in total. The molecule has 1 atom stereocenters. The molecule has 0 spiro atoms. The van der Waals surface area contributed by atoms with Gasteiger partial charge in [0.1, 0.15) is 0 Å². The van der Waals surface area contributed by atoms with Gasteiger partial charge < -0.3 is 10.2 Å². The summed E-state index contributed by atoms with van der Waals surface area (Å²) in [5.74, 6) is -0.118. The first-order valence-corrected chi connectivity index (χ1v) is 10.2. The monoisotopic (exact) mass is 410 g/mol. The van der Waals surface area contributed by atoms with Gasteiger partial charge in [-0.1, -0.05) is 23.2 Å². The number of amides is 2. The predicted molar refractivity (Wildman–Crippen MR) is 107 cm³/mol. The molecule has 1 aromatic heterocycles. The van der Waals surface area contributed by atoms with Gasteiger partial charge in [-0.25, -0.2) is 0 Å². The molecule has 1 saturated heterocycles. The summed E-state index contributed by atoms with van der Waals surface area (Å²) < 4.78 is 0. The van der Waals surface area contributed by atoms with Gasteiger partial charge in [0, 0.05) is 34.6 Å². The van der Waals surface area contributed by atoms with Crippen molar-refractivity contribution in [2.45, 2.75) is 19.8 Å². The second-order valence-electron chi connectivity index (χ2n) is 6.31. The molecule has 2 heterocycles. The number of halogens is 2. The van der Waals surface area contributed by atoms with E-state index in [1.54, 1.807) is 11.0 Å². The van der Waals surface area contributed by atoms with Crippen LogP contribution < -0.4 is 5.32 Å². The molecular weight excluding hydrogens is 391 g/mol. The van der Waals surface area contributed by atoms with Crippen molar-refractivity contribution < 1.29 is 9.59 Å². The zero-order chi connectivity index (χ0) is 18.7. The van der Waals surface area contributed by atoms with Gasteiger partial charge in [-0.3, -0.25) is 9.59 Å². The molecule has 0 radical (unpaired) electrons. The molecule has 1 aliphatic heterocycles. The van der Waals surface area contributed by atoms with Crippen molar-refractivity contribution in [1.29, 1.82) is 0 Å². The predicted octanol–water partition coefficient (Wildman–Crippen LogP) is 4.71. The molecule has 1 aliphatic rings. The van der Waals surface area contributed by atoms with Crippen LogP contribution in [-0.4, -0.2) is 36.3 Å². The Bertz CT molecular complexity index is 801. The van der Waals surface area contributed by atoms with Gasteiger partial charge >= 0.3 is 0 Å². The highest BCUT2D eigenvalue weighted by atomic mass is 35.5. The minimum absolute atomic E-state index is 0.0247. The molecule has 2 aromatic rings. The normalized spacial score (nSPS) is 17.2. The highest BCUT2D eigenvalue weighted by Crippen LogP contribution is 2.33. The van der Waals surface area contributed by atoms with E-state index in [9.17, 15) is 9.59 Å². The van der Waals surface area contributed by atoms with E-state index in [4.69, 9.17) is 23.2 Å². The van der Waals surface area contributed by atoms with Crippen molar-refractivity contribution in [3.05, 3.63) is 45.3 Å². The van der Waals surface area contributed by atoms with Gasteiger partial charge in [-0.15, -0.1) is 11.3 Å². The zero-order valence-electron chi connectivity index (χ0n) is 14.4. The fourth-order valence-electron chi connectivity index (χ4n) is 3.15. The van der Waals surface area contributed by atoms with Crippen LogP contribution >= 0.6 is 34.5 Å². The summed E-state index contributed by atoms with van der Waals surface area (Å²) in [4.78, 5) is 28.3. The Morgan fingerprint density at radius 2 is 1.96 bits per heavy atom. The maximum absolute atomic E-state index is 12.9. The Balaban J connectivity index is 1.74. The van der Waals surface area contributed by atoms with Crippen molar-refractivity contribution >= 4 is 46.4 Å². The first-order valence-electron chi connectivity index (χ1n) is 8.61. The molecule has 138 valence electrons. The molecule has 3 rings (SSSR count). The van der Waals surface area contributed by atoms with Gasteiger partial charge in [0.05, 0.1) is 10.8 Å². The van der Waals surface area contributed by atoms with Gasteiger partial charge in [-0.05, 0) is 55.7 Å². The van der Waals surface area contributed by atoms with Crippen LogP contribution in [0.15, 0.2) is 30.3 Å². The van der Waals surface area contributed by atoms with E-state index in [0.29, 0.717) is 34.6 Å². The summed E-state index contributed by atoms with van der Waals surface area (Å²) in [6, 6.07) is 9.08. The minimum atomic E-state index is -0.126. The van der Waals surface area contributed by atoms with E-state index in [1.807, 2.05) is 31.2 Å². The quantitative estimate of drug-likeness (QED) is 0.792. The van der Waals surface area contributed by atoms with Crippen LogP contribution in [0.4, 0.5) is 0 Å². The van der Waals surface area contributed by atoms with Crippen LogP contribution in [0.25, 0.3) is 10.4 Å². The fourth-order valence-corrected chi connectivity index (χ4v) is 4.64. The zero-order valence-corrected chi connectivity index (χ0v) is 16.8. The second kappa shape index (κ2) is 8.42. The van der Waals surface area contributed by atoms with Crippen molar-refractivity contribution in [2.75, 3.05) is 19.6 Å². The van der Waals surface area contributed by atoms with E-state index in [-0.39, 0.29) is 17.7 Å². The first kappa shape index (κ1) is 19.2. The number of nitrogens with zero attached hydrogens (tertiary/aromatic N) is 1. The number of likely N-dealkylation sites (tertiary alicyclic amines) is 1. The first-order chi connectivity index (χ1) is 12.5. The summed E-state index contributed by atoms with van der Waals surface area (Å²) >= 11 is 13.6. The molecule has 0 saturated carbocycles. The summed E-state index contributed by atoms with van der Waals surface area (Å²) in [5.41, 5.74) is 0.894. The second-order valence-corrected chi connectivity index (χ2v) is 8.26. The smallest absolute Gasteiger partial charge is 0.263 e. The molecule has 7 heteroatoms. The Morgan fingerprint density at radius 1 is 1.23 bits per heavy atom. The number of benzene rings is 1. The van der Waals surface area contributed by atoms with Gasteiger partial charge in [0.2, 0.25) is 5.91 Å². The highest BCUT2D eigenvalue weighted by molar-refractivity contribution is 7.17. The number of hydrogen-bond acceptors (Lipinski definition) is 3. The highest BCUT2D eigenvalue weighted by Gasteiger charge is 2.29. The third-order valence-electron chi connectivity index (χ3n) is 4.39. The lowest BCUT2D eigenvalue weighted by atomic mass is 9.97. The van der Waals surface area contributed by atoms with E-state index in [0.717, 1.165) is 23.3 Å². The van der Waals surface area contributed by atoms with Gasteiger partial charge in [-0.2, -0.15) is 0 Å². The van der Waals surface area contributed by atoms with Crippen LogP contribution in [0.2, 0.25) is 10.0 Å². The van der Waals surface area contributed by atoms with Crippen molar-refractivity contribution in [1.82, 2.24) is 10.2 Å². The van der Waals surface area contributed by atoms with Crippen LogP contribution in [-0.2, 0) is 4.79 Å². The standard InChI is InChI=1S/C19H20Cl2N2O2S/c1-2-22-18(24)12-4-3-7-23(11-12)19(25)17-6-5-16(26-17)13-8-14(20)10-15(21)9-13/h5-6,8-10,12H,2-4,7,11H2,1H3,(H,22,24). The molecular formula is C19H20Cl2N2O2S. The molecule has 1 unspecified atom stereocenters. The summed E-state index contributed by atoms with van der Waals surface area (Å²) in [6.07, 6.45) is 1.67. The largest absolute Gasteiger partial charge is 0.356 e. The number of carbonyl (C=O) groups is 2. The van der Waals surface area contributed by atoms with E-state index < -0.39 is 0 Å². The van der Waals surface area contributed by atoms with Gasteiger partial charge in [0.25, 0.3) is 5.91 Å². The maximum Gasteiger partial charge on any atom is 0.263 e. The van der Waals surface area contributed by atoms with Crippen LogP contribution in [0.1, 0.15) is 29.4 Å².